The smallest absolute Gasteiger partial charge is 0.339 e. The number of methoxy groups -OCH3 is 1. The maximum Gasteiger partial charge on any atom is 0.339 e. The molecule has 0 aliphatic rings. The summed E-state index contributed by atoms with van der Waals surface area (Å²) < 4.78 is 10.7. The summed E-state index contributed by atoms with van der Waals surface area (Å²) in [5.41, 5.74) is 1.04. The number of benzene rings is 3. The number of hydrogen-bond acceptors (Lipinski definition) is 5. The fraction of sp³-hybridized carbons (Fsp3) is 0.136. The molecule has 0 spiro atoms. The van der Waals surface area contributed by atoms with Crippen LogP contribution in [0.3, 0.4) is 0 Å². The molecule has 6 nitrogen and oxygen atoms in total. The highest BCUT2D eigenvalue weighted by atomic mass is 16.5. The molecule has 0 radical (unpaired) electrons. The number of ether oxygens (including phenoxy) is 2. The lowest BCUT2D eigenvalue weighted by molar-refractivity contribution is -0.123. The lowest BCUT2D eigenvalue weighted by Crippen LogP contribution is -2.30. The summed E-state index contributed by atoms with van der Waals surface area (Å²) in [4.78, 5) is 25.0. The number of nitrogens with zero attached hydrogens (tertiary/aromatic N) is 1. The van der Waals surface area contributed by atoms with E-state index in [1.807, 2.05) is 24.3 Å². The van der Waals surface area contributed by atoms with Gasteiger partial charge in [-0.2, -0.15) is 5.26 Å². The number of nitrogens with one attached hydrogen (secondary N) is 1. The maximum atomic E-state index is 12.7. The van der Waals surface area contributed by atoms with Crippen molar-refractivity contribution in [1.29, 1.82) is 5.26 Å². The van der Waals surface area contributed by atoms with Gasteiger partial charge >= 0.3 is 5.97 Å². The Labute approximate surface area is 162 Å². The van der Waals surface area contributed by atoms with E-state index >= 15 is 0 Å². The summed E-state index contributed by atoms with van der Waals surface area (Å²) in [6.07, 6.45) is -1.04. The van der Waals surface area contributed by atoms with Crippen molar-refractivity contribution < 1.29 is 19.1 Å². The Bertz CT molecular complexity index is 1090. The lowest BCUT2D eigenvalue weighted by Gasteiger charge is -2.15. The Balaban J connectivity index is 1.79. The first kappa shape index (κ1) is 18.9. The van der Waals surface area contributed by atoms with E-state index < -0.39 is 18.0 Å². The molecule has 0 unspecified atom stereocenters. The van der Waals surface area contributed by atoms with Gasteiger partial charge in [0.25, 0.3) is 5.91 Å². The molecular weight excluding hydrogens is 356 g/mol. The summed E-state index contributed by atoms with van der Waals surface area (Å²) in [5.74, 6) is -0.491. The monoisotopic (exact) mass is 374 g/mol. The van der Waals surface area contributed by atoms with E-state index in [2.05, 4.69) is 5.32 Å². The number of anilines is 1. The van der Waals surface area contributed by atoms with Crippen LogP contribution in [0.15, 0.2) is 60.7 Å². The second kappa shape index (κ2) is 8.23. The first-order valence-corrected chi connectivity index (χ1v) is 8.62. The van der Waals surface area contributed by atoms with Crippen LogP contribution in [0.5, 0.6) is 5.75 Å². The third-order valence-electron chi connectivity index (χ3n) is 4.28. The van der Waals surface area contributed by atoms with Crippen LogP contribution in [0.2, 0.25) is 0 Å². The van der Waals surface area contributed by atoms with Crippen LogP contribution in [-0.2, 0) is 9.53 Å². The van der Waals surface area contributed by atoms with Crippen LogP contribution in [-0.4, -0.2) is 25.1 Å². The molecule has 1 atom stereocenters. The van der Waals surface area contributed by atoms with Crippen LogP contribution in [0.1, 0.15) is 22.8 Å². The van der Waals surface area contributed by atoms with Crippen molar-refractivity contribution in [3.05, 3.63) is 71.8 Å². The van der Waals surface area contributed by atoms with Crippen molar-refractivity contribution in [2.45, 2.75) is 13.0 Å². The van der Waals surface area contributed by atoms with Gasteiger partial charge in [-0.15, -0.1) is 0 Å². The lowest BCUT2D eigenvalue weighted by atomic mass is 10.0. The number of carbonyl (C=O) groups is 2. The predicted octanol–water partition coefficient (Wildman–Crippen LogP) is 3.90. The minimum absolute atomic E-state index is 0.329. The number of hydrogen-bond donors (Lipinski definition) is 1. The Hall–Kier alpha value is -3.85. The van der Waals surface area contributed by atoms with Gasteiger partial charge in [0.1, 0.15) is 11.8 Å². The van der Waals surface area contributed by atoms with E-state index in [-0.39, 0.29) is 0 Å². The van der Waals surface area contributed by atoms with Gasteiger partial charge in [0.2, 0.25) is 0 Å². The molecule has 3 rings (SSSR count). The predicted molar refractivity (Wildman–Crippen MR) is 105 cm³/mol. The number of carbonyl (C=O) groups excluding carboxylic acids is 2. The summed E-state index contributed by atoms with van der Waals surface area (Å²) in [7, 11) is 1.56. The molecule has 140 valence electrons. The quantitative estimate of drug-likeness (QED) is 0.684. The minimum atomic E-state index is -1.04. The summed E-state index contributed by atoms with van der Waals surface area (Å²) in [6, 6.07) is 19.2. The van der Waals surface area contributed by atoms with Gasteiger partial charge in [0, 0.05) is 5.39 Å². The van der Waals surface area contributed by atoms with E-state index in [1.54, 1.807) is 49.6 Å². The van der Waals surface area contributed by atoms with Gasteiger partial charge < -0.3 is 14.8 Å². The SMILES string of the molecule is COc1ccc(C(=O)O[C@H](C)C(=O)Nc2ccccc2C#N)c2ccccc12. The normalized spacial score (nSPS) is 11.3. The topological polar surface area (TPSA) is 88.4 Å². The van der Waals surface area contributed by atoms with Crippen molar-refractivity contribution in [3.8, 4) is 11.8 Å². The minimum Gasteiger partial charge on any atom is -0.496 e. The fourth-order valence-electron chi connectivity index (χ4n) is 2.83. The zero-order valence-corrected chi connectivity index (χ0v) is 15.4. The van der Waals surface area contributed by atoms with E-state index in [0.717, 1.165) is 5.39 Å². The largest absolute Gasteiger partial charge is 0.496 e. The molecule has 1 amide bonds. The Morgan fingerprint density at radius 2 is 1.68 bits per heavy atom. The van der Waals surface area contributed by atoms with Crippen LogP contribution in [0.4, 0.5) is 5.69 Å². The molecule has 6 heteroatoms. The Kier molecular flexibility index (Phi) is 5.56. The highest BCUT2D eigenvalue weighted by molar-refractivity contribution is 6.07. The van der Waals surface area contributed by atoms with Crippen molar-refractivity contribution in [3.63, 3.8) is 0 Å². The number of nitriles is 1. The van der Waals surface area contributed by atoms with Crippen LogP contribution in [0.25, 0.3) is 10.8 Å². The van der Waals surface area contributed by atoms with Gasteiger partial charge in [0.15, 0.2) is 6.10 Å². The highest BCUT2D eigenvalue weighted by Gasteiger charge is 2.21. The number of para-hydroxylation sites is 1. The van der Waals surface area contributed by atoms with E-state index in [4.69, 9.17) is 14.7 Å². The number of rotatable bonds is 5. The van der Waals surface area contributed by atoms with Gasteiger partial charge in [-0.3, -0.25) is 4.79 Å². The molecule has 0 aliphatic carbocycles. The van der Waals surface area contributed by atoms with Crippen molar-refractivity contribution >= 4 is 28.3 Å². The first-order valence-electron chi connectivity index (χ1n) is 8.62. The Morgan fingerprint density at radius 3 is 2.39 bits per heavy atom. The molecule has 1 N–H and O–H groups in total. The first-order chi connectivity index (χ1) is 13.5. The molecule has 0 aromatic heterocycles. The van der Waals surface area contributed by atoms with E-state index in [1.165, 1.54) is 6.92 Å². The van der Waals surface area contributed by atoms with Crippen molar-refractivity contribution in [2.24, 2.45) is 0 Å². The second-order valence-corrected chi connectivity index (χ2v) is 6.06. The molecule has 0 aliphatic heterocycles. The van der Waals surface area contributed by atoms with Crippen LogP contribution < -0.4 is 10.1 Å². The molecular formula is C22H18N2O4. The van der Waals surface area contributed by atoms with Gasteiger partial charge in [-0.05, 0) is 36.6 Å². The molecule has 28 heavy (non-hydrogen) atoms. The van der Waals surface area contributed by atoms with Gasteiger partial charge in [-0.1, -0.05) is 36.4 Å². The maximum absolute atomic E-state index is 12.7. The third kappa shape index (κ3) is 3.79. The van der Waals surface area contributed by atoms with E-state index in [9.17, 15) is 9.59 Å². The molecule has 0 bridgehead atoms. The number of fused-ring (bicyclic) bond motifs is 1. The molecule has 3 aromatic rings. The molecule has 0 heterocycles. The summed E-state index contributed by atoms with van der Waals surface area (Å²) >= 11 is 0. The molecule has 3 aromatic carbocycles. The summed E-state index contributed by atoms with van der Waals surface area (Å²) in [6.45, 7) is 1.48. The van der Waals surface area contributed by atoms with Crippen molar-refractivity contribution in [2.75, 3.05) is 12.4 Å². The zero-order chi connectivity index (χ0) is 20.1. The molecule has 0 fully saturated rings. The Morgan fingerprint density at radius 1 is 1.00 bits per heavy atom. The number of amides is 1. The highest BCUT2D eigenvalue weighted by Crippen LogP contribution is 2.29. The third-order valence-corrected chi connectivity index (χ3v) is 4.28. The average molecular weight is 374 g/mol. The van der Waals surface area contributed by atoms with Crippen LogP contribution in [0, 0.1) is 11.3 Å². The standard InChI is InChI=1S/C22H18N2O4/c1-14(21(25)24-19-10-6-3-7-15(19)13-23)28-22(26)18-11-12-20(27-2)17-9-5-4-8-16(17)18/h3-12,14H,1-2H3,(H,24,25)/t14-/m1/s1. The van der Waals surface area contributed by atoms with Gasteiger partial charge in [-0.25, -0.2) is 4.79 Å². The molecule has 0 saturated carbocycles. The van der Waals surface area contributed by atoms with E-state index in [0.29, 0.717) is 28.0 Å². The fourth-order valence-corrected chi connectivity index (χ4v) is 2.83. The average Bonchev–Trinajstić information content (AvgIpc) is 2.73. The van der Waals surface area contributed by atoms with Gasteiger partial charge in [0.05, 0.1) is 23.9 Å². The van der Waals surface area contributed by atoms with Crippen molar-refractivity contribution in [1.82, 2.24) is 0 Å². The van der Waals surface area contributed by atoms with Crippen LogP contribution >= 0.6 is 0 Å². The molecule has 0 saturated heterocycles. The summed E-state index contributed by atoms with van der Waals surface area (Å²) in [5, 5.41) is 13.2. The zero-order valence-electron chi connectivity index (χ0n) is 15.4. The second-order valence-electron chi connectivity index (χ2n) is 6.06. The number of esters is 1.